The molecule has 0 aliphatic carbocycles. The first-order valence-electron chi connectivity index (χ1n) is 8.93. The van der Waals surface area contributed by atoms with E-state index < -0.39 is 0 Å². The number of aliphatic imine (C=N–C) groups is 1. The Kier molecular flexibility index (Phi) is 4.61. The minimum absolute atomic E-state index is 0.665. The Labute approximate surface area is 153 Å². The van der Waals surface area contributed by atoms with Crippen LogP contribution in [-0.2, 0) is 13.0 Å². The fraction of sp³-hybridized carbons (Fsp3) is 0.130. The van der Waals surface area contributed by atoms with E-state index in [0.29, 0.717) is 6.42 Å². The van der Waals surface area contributed by atoms with Gasteiger partial charge in [0.25, 0.3) is 5.52 Å². The highest BCUT2D eigenvalue weighted by Gasteiger charge is 2.20. The van der Waals surface area contributed by atoms with E-state index in [-0.39, 0.29) is 0 Å². The van der Waals surface area contributed by atoms with Gasteiger partial charge in [0, 0.05) is 12.3 Å². The maximum Gasteiger partial charge on any atom is 0.353 e. The van der Waals surface area contributed by atoms with Gasteiger partial charge in [-0.3, -0.25) is 4.99 Å². The predicted octanol–water partition coefficient (Wildman–Crippen LogP) is 5.35. The van der Waals surface area contributed by atoms with Gasteiger partial charge in [-0.2, -0.15) is 4.57 Å². The molecule has 1 heterocycles. The van der Waals surface area contributed by atoms with Gasteiger partial charge in [-0.05, 0) is 36.2 Å². The van der Waals surface area contributed by atoms with E-state index in [1.54, 1.807) is 0 Å². The number of hydrogen-bond donors (Lipinski definition) is 0. The van der Waals surface area contributed by atoms with Gasteiger partial charge in [-0.1, -0.05) is 54.6 Å². The van der Waals surface area contributed by atoms with Gasteiger partial charge < -0.3 is 4.42 Å². The molecule has 0 spiro atoms. The molecule has 0 aliphatic rings. The average Bonchev–Trinajstić information content (AvgIpc) is 3.06. The normalized spacial score (nSPS) is 11.4. The number of benzene rings is 3. The number of hydrogen-bond acceptors (Lipinski definition) is 2. The second-order valence-electron chi connectivity index (χ2n) is 6.14. The van der Waals surface area contributed by atoms with Gasteiger partial charge in [0.05, 0.1) is 5.69 Å². The summed E-state index contributed by atoms with van der Waals surface area (Å²) in [4.78, 5) is 4.51. The minimum Gasteiger partial charge on any atom is -0.401 e. The fourth-order valence-corrected chi connectivity index (χ4v) is 3.18. The van der Waals surface area contributed by atoms with Gasteiger partial charge in [0.2, 0.25) is 5.58 Å². The Morgan fingerprint density at radius 1 is 0.885 bits per heavy atom. The van der Waals surface area contributed by atoms with Crippen LogP contribution in [0.3, 0.4) is 0 Å². The van der Waals surface area contributed by atoms with Crippen molar-refractivity contribution in [1.82, 2.24) is 0 Å². The van der Waals surface area contributed by atoms with Crippen molar-refractivity contribution in [2.75, 3.05) is 0 Å². The molecule has 0 N–H and O–H groups in total. The topological polar surface area (TPSA) is 29.4 Å². The molecule has 0 radical (unpaired) electrons. The summed E-state index contributed by atoms with van der Waals surface area (Å²) >= 11 is 0. The monoisotopic (exact) mass is 341 g/mol. The largest absolute Gasteiger partial charge is 0.401 e. The second kappa shape index (κ2) is 7.36. The molecule has 3 nitrogen and oxygen atoms in total. The Bertz CT molecular complexity index is 1030. The first-order chi connectivity index (χ1) is 12.8. The van der Waals surface area contributed by atoms with Gasteiger partial charge in [-0.15, -0.1) is 0 Å². The van der Waals surface area contributed by atoms with Gasteiger partial charge >= 0.3 is 5.89 Å². The Balaban J connectivity index is 1.66. The zero-order valence-electron chi connectivity index (χ0n) is 14.8. The minimum atomic E-state index is 0.665. The Hall–Kier alpha value is -3.20. The molecule has 3 heteroatoms. The molecule has 0 saturated heterocycles. The van der Waals surface area contributed by atoms with Crippen LogP contribution < -0.4 is 4.57 Å². The van der Waals surface area contributed by atoms with Crippen molar-refractivity contribution < 1.29 is 8.98 Å². The molecular weight excluding hydrogens is 320 g/mol. The maximum atomic E-state index is 6.09. The Morgan fingerprint density at radius 2 is 1.62 bits per heavy atom. The Morgan fingerprint density at radius 3 is 2.35 bits per heavy atom. The van der Waals surface area contributed by atoms with Gasteiger partial charge in [0.1, 0.15) is 13.0 Å². The van der Waals surface area contributed by atoms with Crippen LogP contribution in [0.1, 0.15) is 12.8 Å². The van der Waals surface area contributed by atoms with E-state index in [4.69, 9.17) is 4.42 Å². The molecule has 128 valence electrons. The number of rotatable bonds is 5. The summed E-state index contributed by atoms with van der Waals surface area (Å²) < 4.78 is 8.31. The van der Waals surface area contributed by atoms with Crippen molar-refractivity contribution in [3.05, 3.63) is 84.8 Å². The number of para-hydroxylation sites is 1. The number of nitrogens with zero attached hydrogens (tertiary/aromatic N) is 2. The molecule has 0 atom stereocenters. The summed E-state index contributed by atoms with van der Waals surface area (Å²) in [6, 6.07) is 26.8. The summed E-state index contributed by atoms with van der Waals surface area (Å²) in [6.45, 7) is 3.00. The summed E-state index contributed by atoms with van der Waals surface area (Å²) in [5, 5.41) is 0. The zero-order valence-corrected chi connectivity index (χ0v) is 14.8. The van der Waals surface area contributed by atoms with Crippen molar-refractivity contribution in [3.63, 3.8) is 0 Å². The predicted molar refractivity (Wildman–Crippen MR) is 106 cm³/mol. The van der Waals surface area contributed by atoms with E-state index >= 15 is 0 Å². The molecule has 0 amide bonds. The lowest BCUT2D eigenvalue weighted by Gasteiger charge is -1.99. The summed E-state index contributed by atoms with van der Waals surface area (Å²) in [6.07, 6.45) is 2.58. The van der Waals surface area contributed by atoms with Crippen LogP contribution in [0, 0.1) is 0 Å². The molecule has 0 saturated carbocycles. The molecule has 0 unspecified atom stereocenters. The highest BCUT2D eigenvalue weighted by Crippen LogP contribution is 2.24. The number of aromatic nitrogens is 1. The van der Waals surface area contributed by atoms with Crippen molar-refractivity contribution in [1.29, 1.82) is 0 Å². The lowest BCUT2D eigenvalue weighted by molar-refractivity contribution is -0.679. The molecule has 3 aromatic carbocycles. The molecule has 4 rings (SSSR count). The van der Waals surface area contributed by atoms with Gasteiger partial charge in [-0.25, -0.2) is 0 Å². The number of fused-ring (bicyclic) bond motifs is 1. The molecule has 26 heavy (non-hydrogen) atoms. The third kappa shape index (κ3) is 3.29. The van der Waals surface area contributed by atoms with E-state index in [0.717, 1.165) is 29.2 Å². The van der Waals surface area contributed by atoms with Crippen LogP contribution in [0.25, 0.3) is 22.2 Å². The van der Waals surface area contributed by atoms with E-state index in [2.05, 4.69) is 58.9 Å². The molecule has 0 bridgehead atoms. The smallest absolute Gasteiger partial charge is 0.353 e. The van der Waals surface area contributed by atoms with Crippen LogP contribution >= 0.6 is 0 Å². The quantitative estimate of drug-likeness (QED) is 0.355. The first-order valence-corrected chi connectivity index (χ1v) is 8.93. The van der Waals surface area contributed by atoms with E-state index in [1.165, 1.54) is 11.1 Å². The number of aryl methyl sites for hydroxylation is 1. The summed E-state index contributed by atoms with van der Waals surface area (Å²) in [5.41, 5.74) is 5.40. The van der Waals surface area contributed by atoms with E-state index in [9.17, 15) is 0 Å². The average molecular weight is 341 g/mol. The van der Waals surface area contributed by atoms with Crippen LogP contribution in [-0.4, -0.2) is 6.21 Å². The van der Waals surface area contributed by atoms with Crippen molar-refractivity contribution in [2.45, 2.75) is 19.9 Å². The van der Waals surface area contributed by atoms with Crippen LogP contribution in [0.15, 0.2) is 88.3 Å². The summed E-state index contributed by atoms with van der Waals surface area (Å²) in [7, 11) is 0. The SMILES string of the molecule is CC[n+]1c(CC=Nc2ccccc2)oc2ccc(-c3ccccc3)cc21. The fourth-order valence-electron chi connectivity index (χ4n) is 3.18. The van der Waals surface area contributed by atoms with Crippen molar-refractivity contribution in [3.8, 4) is 11.1 Å². The van der Waals surface area contributed by atoms with E-state index in [1.807, 2.05) is 42.6 Å². The van der Waals surface area contributed by atoms with Crippen LogP contribution in [0.2, 0.25) is 0 Å². The van der Waals surface area contributed by atoms with Crippen LogP contribution in [0.4, 0.5) is 5.69 Å². The summed E-state index contributed by atoms with van der Waals surface area (Å²) in [5.74, 6) is 0.924. The molecule has 4 aromatic rings. The standard InChI is InChI=1S/C23H21N2O/c1-2-25-21-17-19(18-9-5-3-6-10-18)13-14-22(21)26-23(25)15-16-24-20-11-7-4-8-12-20/h3-14,16-17H,2,15H2,1H3/q+1. The lowest BCUT2D eigenvalue weighted by Crippen LogP contribution is -2.35. The highest BCUT2D eigenvalue weighted by atomic mass is 16.4. The van der Waals surface area contributed by atoms with Crippen molar-refractivity contribution >= 4 is 23.0 Å². The highest BCUT2D eigenvalue weighted by molar-refractivity contribution is 5.78. The lowest BCUT2D eigenvalue weighted by atomic mass is 10.1. The number of oxazole rings is 1. The molecular formula is C23H21N2O+. The third-order valence-electron chi connectivity index (χ3n) is 4.46. The molecule has 0 fully saturated rings. The van der Waals surface area contributed by atoms with Gasteiger partial charge in [0.15, 0.2) is 0 Å². The first kappa shape index (κ1) is 16.3. The van der Waals surface area contributed by atoms with Crippen LogP contribution in [0.5, 0.6) is 0 Å². The maximum absolute atomic E-state index is 6.09. The van der Waals surface area contributed by atoms with Crippen molar-refractivity contribution in [2.24, 2.45) is 4.99 Å². The molecule has 0 aliphatic heterocycles. The molecule has 1 aromatic heterocycles. The second-order valence-corrected chi connectivity index (χ2v) is 6.14. The zero-order chi connectivity index (χ0) is 17.8. The third-order valence-corrected chi connectivity index (χ3v) is 4.46.